The van der Waals surface area contributed by atoms with Gasteiger partial charge < -0.3 is 0 Å². The lowest BCUT2D eigenvalue weighted by molar-refractivity contribution is -0.135. The molecule has 3 saturated carbocycles. The van der Waals surface area contributed by atoms with Crippen LogP contribution in [0.4, 0.5) is 0 Å². The van der Waals surface area contributed by atoms with E-state index >= 15 is 0 Å². The van der Waals surface area contributed by atoms with Crippen molar-refractivity contribution in [3.8, 4) is 12.3 Å². The maximum absolute atomic E-state index is 13.5. The molecule has 0 radical (unpaired) electrons. The van der Waals surface area contributed by atoms with Gasteiger partial charge in [-0.15, -0.1) is 6.42 Å². The summed E-state index contributed by atoms with van der Waals surface area (Å²) in [7, 11) is 0. The van der Waals surface area contributed by atoms with Gasteiger partial charge in [-0.1, -0.05) is 44.6 Å². The molecule has 0 bridgehead atoms. The molecule has 4 rings (SSSR count). The highest BCUT2D eigenvalue weighted by molar-refractivity contribution is 5.91. The summed E-state index contributed by atoms with van der Waals surface area (Å²) in [6, 6.07) is 0. The van der Waals surface area contributed by atoms with E-state index < -0.39 is 5.41 Å². The van der Waals surface area contributed by atoms with E-state index in [2.05, 4.69) is 19.8 Å². The van der Waals surface area contributed by atoms with Gasteiger partial charge in [0.05, 0.1) is 5.41 Å². The van der Waals surface area contributed by atoms with Crippen molar-refractivity contribution in [1.29, 1.82) is 0 Å². The molecule has 0 aromatic rings. The molecule has 0 heterocycles. The summed E-state index contributed by atoms with van der Waals surface area (Å²) in [5.41, 5.74) is 0.864. The number of fused-ring (bicyclic) bond motifs is 5. The Morgan fingerprint density at radius 2 is 1.93 bits per heavy atom. The largest absolute Gasteiger partial charge is 0.298 e. The lowest BCUT2D eigenvalue weighted by Gasteiger charge is -2.55. The number of ketones is 2. The standard InChI is InChI=1S/C27H38O2/c1-4-6-7-8-9-25(29)27(5-2)17-15-24-23-12-10-19-18-20(28)11-13-21(19)22(23)14-16-26(24,27)3/h2,18,21-24H,4,6-17H2,1,3H3/t21-,22+,23+,24-,26-,27+/m0/s1. The minimum absolute atomic E-state index is 0.0313. The quantitative estimate of drug-likeness (QED) is 0.392. The Morgan fingerprint density at radius 3 is 2.69 bits per heavy atom. The summed E-state index contributed by atoms with van der Waals surface area (Å²) < 4.78 is 0. The fourth-order valence-corrected chi connectivity index (χ4v) is 7.92. The average molecular weight is 395 g/mol. The van der Waals surface area contributed by atoms with Crippen LogP contribution in [0, 0.1) is 46.8 Å². The Morgan fingerprint density at radius 1 is 1.10 bits per heavy atom. The van der Waals surface area contributed by atoms with Crippen molar-refractivity contribution in [2.24, 2.45) is 34.5 Å². The summed E-state index contributed by atoms with van der Waals surface area (Å²) in [6.07, 6.45) is 21.7. The van der Waals surface area contributed by atoms with Crippen molar-refractivity contribution >= 4 is 11.6 Å². The van der Waals surface area contributed by atoms with Gasteiger partial charge in [-0.05, 0) is 86.5 Å². The van der Waals surface area contributed by atoms with Crippen LogP contribution in [0.5, 0.6) is 0 Å². The van der Waals surface area contributed by atoms with E-state index in [1.165, 1.54) is 31.3 Å². The molecule has 0 aromatic heterocycles. The van der Waals surface area contributed by atoms with Crippen molar-refractivity contribution in [2.75, 3.05) is 0 Å². The lowest BCUT2D eigenvalue weighted by atomic mass is 9.48. The van der Waals surface area contributed by atoms with Crippen LogP contribution < -0.4 is 0 Å². The van der Waals surface area contributed by atoms with Crippen LogP contribution in [-0.4, -0.2) is 11.6 Å². The molecule has 3 fully saturated rings. The molecular weight excluding hydrogens is 356 g/mol. The molecule has 2 heteroatoms. The number of Topliss-reactive ketones (excluding diaryl/α,β-unsaturated/α-hetero) is 1. The third-order valence-electron chi connectivity index (χ3n) is 9.47. The molecule has 2 nitrogen and oxygen atoms in total. The third-order valence-corrected chi connectivity index (χ3v) is 9.47. The summed E-state index contributed by atoms with van der Waals surface area (Å²) >= 11 is 0. The van der Waals surface area contributed by atoms with Gasteiger partial charge in [0.1, 0.15) is 0 Å². The number of carbonyl (C=O) groups is 2. The van der Waals surface area contributed by atoms with E-state index in [9.17, 15) is 9.59 Å². The zero-order chi connectivity index (χ0) is 20.6. The lowest BCUT2D eigenvalue weighted by Crippen LogP contribution is -2.51. The van der Waals surface area contributed by atoms with Gasteiger partial charge in [0.15, 0.2) is 11.6 Å². The molecule has 0 aliphatic heterocycles. The summed E-state index contributed by atoms with van der Waals surface area (Å²) in [5, 5.41) is 0. The second-order valence-corrected chi connectivity index (χ2v) is 10.6. The van der Waals surface area contributed by atoms with Crippen molar-refractivity contribution in [2.45, 2.75) is 97.3 Å². The van der Waals surface area contributed by atoms with Crippen molar-refractivity contribution in [1.82, 2.24) is 0 Å². The van der Waals surface area contributed by atoms with Gasteiger partial charge in [0.25, 0.3) is 0 Å². The molecule has 6 atom stereocenters. The maximum atomic E-state index is 13.5. The number of hydrogen-bond acceptors (Lipinski definition) is 2. The van der Waals surface area contributed by atoms with Crippen LogP contribution >= 0.6 is 0 Å². The Bertz CT molecular complexity index is 740. The molecule has 0 saturated heterocycles. The summed E-state index contributed by atoms with van der Waals surface area (Å²) in [5.74, 6) is 6.38. The topological polar surface area (TPSA) is 34.1 Å². The highest BCUT2D eigenvalue weighted by Crippen LogP contribution is 2.68. The molecule has 0 amide bonds. The van der Waals surface area contributed by atoms with Crippen LogP contribution in [0.1, 0.15) is 97.3 Å². The van der Waals surface area contributed by atoms with E-state index in [0.717, 1.165) is 51.4 Å². The molecule has 0 N–H and O–H groups in total. The Hall–Kier alpha value is -1.36. The number of carbonyl (C=O) groups excluding carboxylic acids is 2. The fraction of sp³-hybridized carbons (Fsp3) is 0.778. The molecule has 0 aromatic carbocycles. The van der Waals surface area contributed by atoms with E-state index in [4.69, 9.17) is 6.42 Å². The molecule has 0 unspecified atom stereocenters. The first-order valence-corrected chi connectivity index (χ1v) is 12.2. The summed E-state index contributed by atoms with van der Waals surface area (Å²) in [6.45, 7) is 4.57. The maximum Gasteiger partial charge on any atom is 0.155 e. The van der Waals surface area contributed by atoms with E-state index in [0.29, 0.717) is 41.7 Å². The zero-order valence-electron chi connectivity index (χ0n) is 18.5. The van der Waals surface area contributed by atoms with Gasteiger partial charge in [0, 0.05) is 12.8 Å². The Kier molecular flexibility index (Phi) is 5.80. The first-order valence-electron chi connectivity index (χ1n) is 12.2. The average Bonchev–Trinajstić information content (AvgIpc) is 3.04. The predicted octanol–water partition coefficient (Wildman–Crippen LogP) is 6.29. The first-order chi connectivity index (χ1) is 14.0. The van der Waals surface area contributed by atoms with Crippen molar-refractivity contribution < 1.29 is 9.59 Å². The third kappa shape index (κ3) is 3.24. The van der Waals surface area contributed by atoms with E-state index in [1.807, 2.05) is 6.08 Å². The number of hydrogen-bond donors (Lipinski definition) is 0. The van der Waals surface area contributed by atoms with Crippen LogP contribution in [-0.2, 0) is 9.59 Å². The highest BCUT2D eigenvalue weighted by atomic mass is 16.1. The predicted molar refractivity (Wildman–Crippen MR) is 117 cm³/mol. The van der Waals surface area contributed by atoms with Gasteiger partial charge in [0.2, 0.25) is 0 Å². The molecule has 29 heavy (non-hydrogen) atoms. The summed E-state index contributed by atoms with van der Waals surface area (Å²) in [4.78, 5) is 25.4. The van der Waals surface area contributed by atoms with Crippen molar-refractivity contribution in [3.63, 3.8) is 0 Å². The van der Waals surface area contributed by atoms with E-state index in [-0.39, 0.29) is 5.41 Å². The highest BCUT2D eigenvalue weighted by Gasteiger charge is 2.64. The fourth-order valence-electron chi connectivity index (χ4n) is 7.92. The monoisotopic (exact) mass is 394 g/mol. The second kappa shape index (κ2) is 8.05. The molecular formula is C27H38O2. The smallest absolute Gasteiger partial charge is 0.155 e. The molecule has 158 valence electrons. The van der Waals surface area contributed by atoms with Gasteiger partial charge in [-0.3, -0.25) is 9.59 Å². The first kappa shape index (κ1) is 20.9. The SMILES string of the molecule is C#C[C@]1(C(=O)CCCCCC)CC[C@H]2[C@@H]3CCC4=CC(=O)CC[C@@H]4[C@H]3CC[C@@]21C. The second-order valence-electron chi connectivity index (χ2n) is 10.6. The van der Waals surface area contributed by atoms with Crippen LogP contribution in [0.15, 0.2) is 11.6 Å². The van der Waals surface area contributed by atoms with Crippen molar-refractivity contribution in [3.05, 3.63) is 11.6 Å². The number of unbranched alkanes of at least 4 members (excludes halogenated alkanes) is 3. The molecule has 4 aliphatic rings. The van der Waals surface area contributed by atoms with Gasteiger partial charge in [-0.25, -0.2) is 0 Å². The zero-order valence-corrected chi connectivity index (χ0v) is 18.5. The number of terminal acetylenes is 1. The van der Waals surface area contributed by atoms with E-state index in [1.54, 1.807) is 0 Å². The van der Waals surface area contributed by atoms with Gasteiger partial charge in [-0.2, -0.15) is 0 Å². The minimum Gasteiger partial charge on any atom is -0.298 e. The number of rotatable bonds is 6. The number of allylic oxidation sites excluding steroid dienone is 1. The van der Waals surface area contributed by atoms with Gasteiger partial charge >= 0.3 is 0 Å². The van der Waals surface area contributed by atoms with Crippen LogP contribution in [0.3, 0.4) is 0 Å². The minimum atomic E-state index is -0.534. The molecule has 4 aliphatic carbocycles. The molecule has 0 spiro atoms. The normalized spacial score (nSPS) is 41.0. The Labute approximate surface area is 177 Å². The Balaban J connectivity index is 1.54. The van der Waals surface area contributed by atoms with Crippen LogP contribution in [0.25, 0.3) is 0 Å². The van der Waals surface area contributed by atoms with Crippen LogP contribution in [0.2, 0.25) is 0 Å².